The molecule has 0 unspecified atom stereocenters. The Morgan fingerprint density at radius 3 is 2.39 bits per heavy atom. The molecule has 116 valence electrons. The molecule has 0 aliphatic carbocycles. The first-order chi connectivity index (χ1) is 11.1. The fraction of sp³-hybridized carbons (Fsp3) is 0.111. The fourth-order valence-corrected chi connectivity index (χ4v) is 3.40. The van der Waals surface area contributed by atoms with Crippen molar-refractivity contribution < 1.29 is 9.18 Å². The zero-order valence-electron chi connectivity index (χ0n) is 12.8. The van der Waals surface area contributed by atoms with E-state index in [1.165, 1.54) is 23.5 Å². The second-order valence-corrected chi connectivity index (χ2v) is 6.32. The van der Waals surface area contributed by atoms with Gasteiger partial charge in [0.25, 0.3) is 5.91 Å². The molecule has 3 rings (SSSR count). The van der Waals surface area contributed by atoms with E-state index in [9.17, 15) is 9.18 Å². The average Bonchev–Trinajstić information content (AvgIpc) is 2.83. The normalized spacial score (nSPS) is 11.7. The number of nitrogens with zero attached hydrogens (tertiary/aromatic N) is 2. The molecule has 0 N–H and O–H groups in total. The number of rotatable bonds is 2. The number of aryl methyl sites for hydroxylation is 1. The van der Waals surface area contributed by atoms with Crippen LogP contribution < -0.4 is 4.80 Å². The molecule has 0 radical (unpaired) electrons. The highest BCUT2D eigenvalue weighted by Crippen LogP contribution is 2.24. The number of thiazole rings is 1. The Morgan fingerprint density at radius 2 is 1.74 bits per heavy atom. The molecule has 0 atom stereocenters. The van der Waals surface area contributed by atoms with Gasteiger partial charge in [0.15, 0.2) is 4.80 Å². The van der Waals surface area contributed by atoms with Crippen LogP contribution in [-0.2, 0) is 7.05 Å². The molecular formula is C18H15FN2OS. The number of hydrogen-bond donors (Lipinski definition) is 0. The van der Waals surface area contributed by atoms with Gasteiger partial charge in [0, 0.05) is 17.5 Å². The van der Waals surface area contributed by atoms with Gasteiger partial charge in [-0.2, -0.15) is 4.99 Å². The van der Waals surface area contributed by atoms with Crippen LogP contribution >= 0.6 is 11.3 Å². The van der Waals surface area contributed by atoms with Crippen LogP contribution in [-0.4, -0.2) is 10.5 Å². The number of benzene rings is 2. The maximum absolute atomic E-state index is 13.1. The first-order valence-electron chi connectivity index (χ1n) is 7.13. The fourth-order valence-electron chi connectivity index (χ4n) is 2.42. The lowest BCUT2D eigenvalue weighted by molar-refractivity contribution is 0.0998. The molecule has 2 aromatic carbocycles. The van der Waals surface area contributed by atoms with Crippen molar-refractivity contribution in [2.75, 3.05) is 0 Å². The minimum atomic E-state index is -0.270. The van der Waals surface area contributed by atoms with Gasteiger partial charge in [-0.25, -0.2) is 4.39 Å². The van der Waals surface area contributed by atoms with Gasteiger partial charge in [0.05, 0.1) is 5.69 Å². The van der Waals surface area contributed by atoms with Gasteiger partial charge in [-0.3, -0.25) is 4.79 Å². The third-order valence-electron chi connectivity index (χ3n) is 3.54. The van der Waals surface area contributed by atoms with Crippen molar-refractivity contribution in [2.24, 2.45) is 12.0 Å². The van der Waals surface area contributed by atoms with E-state index >= 15 is 0 Å². The highest BCUT2D eigenvalue weighted by atomic mass is 32.1. The van der Waals surface area contributed by atoms with E-state index in [-0.39, 0.29) is 11.7 Å². The monoisotopic (exact) mass is 326 g/mol. The highest BCUT2D eigenvalue weighted by Gasteiger charge is 2.11. The van der Waals surface area contributed by atoms with Crippen molar-refractivity contribution >= 4 is 17.2 Å². The molecule has 0 saturated carbocycles. The van der Waals surface area contributed by atoms with Crippen LogP contribution in [0.15, 0.2) is 59.6 Å². The predicted octanol–water partition coefficient (Wildman–Crippen LogP) is 3.94. The molecular weight excluding hydrogens is 311 g/mol. The standard InChI is InChI=1S/C18H15FN2OS/c1-12-16(13-8-10-15(19)11-9-13)21(2)18(23-12)20-17(22)14-6-4-3-5-7-14/h3-11H,1-2H3. The molecule has 1 heterocycles. The van der Waals surface area contributed by atoms with Crippen LogP contribution in [0.3, 0.4) is 0 Å². The van der Waals surface area contributed by atoms with Gasteiger partial charge < -0.3 is 4.57 Å². The topological polar surface area (TPSA) is 34.4 Å². The number of amides is 1. The van der Waals surface area contributed by atoms with Crippen LogP contribution in [0.4, 0.5) is 4.39 Å². The van der Waals surface area contributed by atoms with E-state index in [1.54, 1.807) is 24.3 Å². The van der Waals surface area contributed by atoms with Crippen molar-refractivity contribution in [2.45, 2.75) is 6.92 Å². The van der Waals surface area contributed by atoms with E-state index in [1.807, 2.05) is 36.7 Å². The van der Waals surface area contributed by atoms with E-state index in [0.717, 1.165) is 16.1 Å². The summed E-state index contributed by atoms with van der Waals surface area (Å²) in [7, 11) is 1.86. The van der Waals surface area contributed by atoms with Crippen molar-refractivity contribution in [3.05, 3.63) is 75.7 Å². The number of aromatic nitrogens is 1. The van der Waals surface area contributed by atoms with Crippen LogP contribution in [0.25, 0.3) is 11.3 Å². The number of halogens is 1. The molecule has 0 aliphatic heterocycles. The quantitative estimate of drug-likeness (QED) is 0.702. The van der Waals surface area contributed by atoms with E-state index in [2.05, 4.69) is 4.99 Å². The van der Waals surface area contributed by atoms with Gasteiger partial charge in [0.2, 0.25) is 0 Å². The third-order valence-corrected chi connectivity index (χ3v) is 4.58. The molecule has 0 aliphatic rings. The number of carbonyl (C=O) groups excluding carboxylic acids is 1. The zero-order valence-corrected chi connectivity index (χ0v) is 13.6. The van der Waals surface area contributed by atoms with Crippen molar-refractivity contribution in [1.29, 1.82) is 0 Å². The molecule has 3 aromatic rings. The Morgan fingerprint density at radius 1 is 1.09 bits per heavy atom. The Bertz CT molecular complexity index is 908. The summed E-state index contributed by atoms with van der Waals surface area (Å²) in [4.78, 5) is 18.1. The Kier molecular flexibility index (Phi) is 4.21. The summed E-state index contributed by atoms with van der Waals surface area (Å²) < 4.78 is 15.0. The van der Waals surface area contributed by atoms with Crippen molar-refractivity contribution in [3.63, 3.8) is 0 Å². The average molecular weight is 326 g/mol. The molecule has 23 heavy (non-hydrogen) atoms. The van der Waals surface area contributed by atoms with Gasteiger partial charge in [-0.15, -0.1) is 11.3 Å². The predicted molar refractivity (Wildman–Crippen MR) is 89.8 cm³/mol. The summed E-state index contributed by atoms with van der Waals surface area (Å²) in [5, 5.41) is 0. The molecule has 0 fully saturated rings. The van der Waals surface area contributed by atoms with Crippen LogP contribution in [0.2, 0.25) is 0 Å². The second kappa shape index (κ2) is 6.30. The molecule has 1 amide bonds. The molecule has 5 heteroatoms. The molecule has 1 aromatic heterocycles. The smallest absolute Gasteiger partial charge is 0.279 e. The maximum Gasteiger partial charge on any atom is 0.279 e. The van der Waals surface area contributed by atoms with Crippen molar-refractivity contribution in [1.82, 2.24) is 4.57 Å². The summed E-state index contributed by atoms with van der Waals surface area (Å²) in [6, 6.07) is 15.3. The lowest BCUT2D eigenvalue weighted by Gasteiger charge is -2.04. The Balaban J connectivity index is 2.06. The SMILES string of the molecule is Cc1sc(=NC(=O)c2ccccc2)n(C)c1-c1ccc(F)cc1. The Labute approximate surface area is 137 Å². The lowest BCUT2D eigenvalue weighted by atomic mass is 10.1. The van der Waals surface area contributed by atoms with Crippen molar-refractivity contribution in [3.8, 4) is 11.3 Å². The zero-order chi connectivity index (χ0) is 16.4. The molecule has 0 saturated heterocycles. The molecule has 0 spiro atoms. The summed E-state index contributed by atoms with van der Waals surface area (Å²) in [5.74, 6) is -0.540. The second-order valence-electron chi connectivity index (χ2n) is 5.14. The van der Waals surface area contributed by atoms with E-state index < -0.39 is 0 Å². The van der Waals surface area contributed by atoms with Gasteiger partial charge in [0.1, 0.15) is 5.82 Å². The lowest BCUT2D eigenvalue weighted by Crippen LogP contribution is -2.14. The van der Waals surface area contributed by atoms with Gasteiger partial charge in [-0.1, -0.05) is 18.2 Å². The van der Waals surface area contributed by atoms with Gasteiger partial charge in [-0.05, 0) is 48.9 Å². The summed E-state index contributed by atoms with van der Waals surface area (Å²) in [6.45, 7) is 1.97. The molecule has 3 nitrogen and oxygen atoms in total. The third kappa shape index (κ3) is 3.14. The number of carbonyl (C=O) groups is 1. The number of hydrogen-bond acceptors (Lipinski definition) is 2. The summed E-state index contributed by atoms with van der Waals surface area (Å²) in [6.07, 6.45) is 0. The largest absolute Gasteiger partial charge is 0.319 e. The van der Waals surface area contributed by atoms with Crippen LogP contribution in [0, 0.1) is 12.7 Å². The highest BCUT2D eigenvalue weighted by molar-refractivity contribution is 7.09. The van der Waals surface area contributed by atoms with Crippen LogP contribution in [0.1, 0.15) is 15.2 Å². The summed E-state index contributed by atoms with van der Waals surface area (Å²) in [5.41, 5.74) is 2.40. The van der Waals surface area contributed by atoms with E-state index in [4.69, 9.17) is 0 Å². The maximum atomic E-state index is 13.1. The minimum absolute atomic E-state index is 0.270. The molecule has 0 bridgehead atoms. The first-order valence-corrected chi connectivity index (χ1v) is 7.94. The first kappa shape index (κ1) is 15.4. The minimum Gasteiger partial charge on any atom is -0.319 e. The summed E-state index contributed by atoms with van der Waals surface area (Å²) >= 11 is 1.44. The van der Waals surface area contributed by atoms with E-state index in [0.29, 0.717) is 10.4 Å². The van der Waals surface area contributed by atoms with Crippen LogP contribution in [0.5, 0.6) is 0 Å². The Hall–Kier alpha value is -2.53. The van der Waals surface area contributed by atoms with Gasteiger partial charge >= 0.3 is 0 Å².